The molecular weight excluding hydrogens is 314 g/mol. The molecule has 5 nitrogen and oxygen atoms in total. The quantitative estimate of drug-likeness (QED) is 0.572. The van der Waals surface area contributed by atoms with Crippen molar-refractivity contribution in [2.45, 2.75) is 45.4 Å². The van der Waals surface area contributed by atoms with Crippen LogP contribution in [0.1, 0.15) is 55.8 Å². The van der Waals surface area contributed by atoms with Gasteiger partial charge in [-0.15, -0.1) is 12.4 Å². The Kier molecular flexibility index (Phi) is 12.0. The van der Waals surface area contributed by atoms with E-state index in [1.165, 1.54) is 0 Å². The Balaban J connectivity index is 0.00000484. The molecule has 0 fully saturated rings. The van der Waals surface area contributed by atoms with Crippen LogP contribution in [-0.2, 0) is 4.79 Å². The Hall–Kier alpha value is -1.59. The van der Waals surface area contributed by atoms with E-state index in [1.54, 1.807) is 24.3 Å². The molecule has 2 amide bonds. The lowest BCUT2D eigenvalue weighted by Crippen LogP contribution is -2.23. The SMILES string of the molecule is CCCNC(=O)c1ccc(NC(=O)CCCCCCN)cc1.Cl. The maximum Gasteiger partial charge on any atom is 0.251 e. The maximum absolute atomic E-state index is 11.8. The number of nitrogens with one attached hydrogen (secondary N) is 2. The van der Waals surface area contributed by atoms with Crippen LogP contribution in [0.3, 0.4) is 0 Å². The number of hydrogen-bond donors (Lipinski definition) is 3. The molecule has 0 aromatic heterocycles. The third-order valence-corrected chi connectivity index (χ3v) is 3.32. The zero-order chi connectivity index (χ0) is 16.2. The van der Waals surface area contributed by atoms with E-state index >= 15 is 0 Å². The van der Waals surface area contributed by atoms with Crippen LogP contribution < -0.4 is 16.4 Å². The minimum absolute atomic E-state index is 0. The van der Waals surface area contributed by atoms with Gasteiger partial charge in [0.1, 0.15) is 0 Å². The van der Waals surface area contributed by atoms with E-state index < -0.39 is 0 Å². The molecule has 0 aliphatic rings. The lowest BCUT2D eigenvalue weighted by Gasteiger charge is -2.07. The van der Waals surface area contributed by atoms with Gasteiger partial charge in [-0.1, -0.05) is 19.8 Å². The number of carbonyl (C=O) groups excluding carboxylic acids is 2. The van der Waals surface area contributed by atoms with Crippen molar-refractivity contribution < 1.29 is 9.59 Å². The number of hydrogen-bond acceptors (Lipinski definition) is 3. The van der Waals surface area contributed by atoms with E-state index in [9.17, 15) is 9.59 Å². The molecule has 130 valence electrons. The normalized spacial score (nSPS) is 9.83. The molecule has 1 rings (SSSR count). The highest BCUT2D eigenvalue weighted by atomic mass is 35.5. The monoisotopic (exact) mass is 341 g/mol. The first-order valence-corrected chi connectivity index (χ1v) is 8.05. The summed E-state index contributed by atoms with van der Waals surface area (Å²) >= 11 is 0. The Morgan fingerprint density at radius 1 is 1.04 bits per heavy atom. The van der Waals surface area contributed by atoms with Gasteiger partial charge in [0, 0.05) is 24.2 Å². The number of benzene rings is 1. The summed E-state index contributed by atoms with van der Waals surface area (Å²) in [6, 6.07) is 6.96. The van der Waals surface area contributed by atoms with E-state index in [1.807, 2.05) is 6.92 Å². The Labute approximate surface area is 144 Å². The zero-order valence-corrected chi connectivity index (χ0v) is 14.6. The van der Waals surface area contributed by atoms with Crippen molar-refractivity contribution >= 4 is 29.9 Å². The van der Waals surface area contributed by atoms with E-state index in [2.05, 4.69) is 10.6 Å². The minimum Gasteiger partial charge on any atom is -0.352 e. The molecule has 0 heterocycles. The highest BCUT2D eigenvalue weighted by molar-refractivity contribution is 5.95. The highest BCUT2D eigenvalue weighted by Crippen LogP contribution is 2.11. The third kappa shape index (κ3) is 9.21. The molecule has 0 unspecified atom stereocenters. The molecule has 0 atom stereocenters. The number of anilines is 1. The summed E-state index contributed by atoms with van der Waals surface area (Å²) in [6.45, 7) is 3.39. The van der Waals surface area contributed by atoms with E-state index in [0.29, 0.717) is 25.1 Å². The number of nitrogens with two attached hydrogens (primary N) is 1. The molecule has 0 saturated carbocycles. The Bertz CT molecular complexity index is 463. The molecule has 0 aliphatic heterocycles. The number of amides is 2. The van der Waals surface area contributed by atoms with Crippen molar-refractivity contribution in [3.63, 3.8) is 0 Å². The average Bonchev–Trinajstić information content (AvgIpc) is 2.53. The second kappa shape index (κ2) is 12.9. The fraction of sp³-hybridized carbons (Fsp3) is 0.529. The van der Waals surface area contributed by atoms with Gasteiger partial charge in [-0.25, -0.2) is 0 Å². The summed E-state index contributed by atoms with van der Waals surface area (Å²) in [4.78, 5) is 23.5. The molecule has 0 aliphatic carbocycles. The van der Waals surface area contributed by atoms with E-state index in [0.717, 1.165) is 37.8 Å². The number of rotatable bonds is 10. The molecule has 0 saturated heterocycles. The molecular formula is C17H28ClN3O2. The fourth-order valence-electron chi connectivity index (χ4n) is 2.05. The smallest absolute Gasteiger partial charge is 0.251 e. The number of carbonyl (C=O) groups is 2. The van der Waals surface area contributed by atoms with E-state index in [4.69, 9.17) is 5.73 Å². The lowest BCUT2D eigenvalue weighted by atomic mass is 10.1. The van der Waals surface area contributed by atoms with Gasteiger partial charge in [0.05, 0.1) is 0 Å². The van der Waals surface area contributed by atoms with Crippen LogP contribution in [0.15, 0.2) is 24.3 Å². The van der Waals surface area contributed by atoms with Crippen LogP contribution in [0.5, 0.6) is 0 Å². The van der Waals surface area contributed by atoms with Crippen molar-refractivity contribution in [2.24, 2.45) is 5.73 Å². The fourth-order valence-corrected chi connectivity index (χ4v) is 2.05. The predicted octanol–water partition coefficient (Wildman–Crippen LogP) is 3.10. The first kappa shape index (κ1) is 21.4. The van der Waals surface area contributed by atoms with Crippen LogP contribution in [0.2, 0.25) is 0 Å². The van der Waals surface area contributed by atoms with Crippen LogP contribution in [0.25, 0.3) is 0 Å². The van der Waals surface area contributed by atoms with Gasteiger partial charge in [-0.2, -0.15) is 0 Å². The predicted molar refractivity (Wildman–Crippen MR) is 97.1 cm³/mol. The molecule has 6 heteroatoms. The molecule has 0 radical (unpaired) electrons. The molecule has 1 aromatic rings. The zero-order valence-electron chi connectivity index (χ0n) is 13.8. The summed E-state index contributed by atoms with van der Waals surface area (Å²) in [5.74, 6) is -0.0736. The minimum atomic E-state index is -0.0837. The van der Waals surface area contributed by atoms with Crippen molar-refractivity contribution in [2.75, 3.05) is 18.4 Å². The lowest BCUT2D eigenvalue weighted by molar-refractivity contribution is -0.116. The van der Waals surface area contributed by atoms with Crippen LogP contribution in [0.4, 0.5) is 5.69 Å². The van der Waals surface area contributed by atoms with Gasteiger partial charge >= 0.3 is 0 Å². The van der Waals surface area contributed by atoms with Gasteiger partial charge in [0.15, 0.2) is 0 Å². The maximum atomic E-state index is 11.8. The third-order valence-electron chi connectivity index (χ3n) is 3.32. The summed E-state index contributed by atoms with van der Waals surface area (Å²) in [5.41, 5.74) is 6.75. The topological polar surface area (TPSA) is 84.2 Å². The van der Waals surface area contributed by atoms with Crippen molar-refractivity contribution in [3.05, 3.63) is 29.8 Å². The van der Waals surface area contributed by atoms with Crippen LogP contribution >= 0.6 is 12.4 Å². The molecule has 0 bridgehead atoms. The number of unbranched alkanes of at least 4 members (excludes halogenated alkanes) is 3. The standard InChI is InChI=1S/C17H27N3O2.ClH/c1-2-13-19-17(22)14-8-10-15(11-9-14)20-16(21)7-5-3-4-6-12-18;/h8-11H,2-7,12-13,18H2,1H3,(H,19,22)(H,20,21);1H. The Morgan fingerprint density at radius 3 is 2.30 bits per heavy atom. The summed E-state index contributed by atoms with van der Waals surface area (Å²) in [5, 5.41) is 5.67. The highest BCUT2D eigenvalue weighted by Gasteiger charge is 2.06. The van der Waals surface area contributed by atoms with E-state index in [-0.39, 0.29) is 24.2 Å². The summed E-state index contributed by atoms with van der Waals surface area (Å²) in [6.07, 6.45) is 5.42. The second-order valence-corrected chi connectivity index (χ2v) is 5.33. The number of halogens is 1. The molecule has 4 N–H and O–H groups in total. The van der Waals surface area contributed by atoms with Crippen molar-refractivity contribution in [1.82, 2.24) is 5.32 Å². The molecule has 1 aromatic carbocycles. The summed E-state index contributed by atoms with van der Waals surface area (Å²) in [7, 11) is 0. The Morgan fingerprint density at radius 2 is 1.70 bits per heavy atom. The van der Waals surface area contributed by atoms with Gasteiger partial charge in [0.2, 0.25) is 5.91 Å². The van der Waals surface area contributed by atoms with Crippen LogP contribution in [-0.4, -0.2) is 24.9 Å². The van der Waals surface area contributed by atoms with Crippen LogP contribution in [0, 0.1) is 0 Å². The second-order valence-electron chi connectivity index (χ2n) is 5.33. The summed E-state index contributed by atoms with van der Waals surface area (Å²) < 4.78 is 0. The first-order valence-electron chi connectivity index (χ1n) is 8.05. The van der Waals surface area contributed by atoms with Crippen molar-refractivity contribution in [3.8, 4) is 0 Å². The first-order chi connectivity index (χ1) is 10.7. The molecule has 23 heavy (non-hydrogen) atoms. The largest absolute Gasteiger partial charge is 0.352 e. The average molecular weight is 342 g/mol. The molecule has 0 spiro atoms. The van der Waals surface area contributed by atoms with Gasteiger partial charge in [-0.05, 0) is 50.1 Å². The van der Waals surface area contributed by atoms with Crippen molar-refractivity contribution in [1.29, 1.82) is 0 Å². The van der Waals surface area contributed by atoms with Gasteiger partial charge < -0.3 is 16.4 Å². The van der Waals surface area contributed by atoms with Gasteiger partial charge in [-0.3, -0.25) is 9.59 Å². The van der Waals surface area contributed by atoms with Gasteiger partial charge in [0.25, 0.3) is 5.91 Å².